The summed E-state index contributed by atoms with van der Waals surface area (Å²) in [4.78, 5) is 16.7. The summed E-state index contributed by atoms with van der Waals surface area (Å²) < 4.78 is 5.89. The first-order valence-corrected chi connectivity index (χ1v) is 7.88. The number of hydrogen-bond donors (Lipinski definition) is 0. The van der Waals surface area contributed by atoms with Crippen LogP contribution in [-0.4, -0.2) is 36.1 Å². The monoisotopic (exact) mass is 279 g/mol. The molecule has 3 rings (SSSR count). The molecule has 2 saturated heterocycles. The Morgan fingerprint density at radius 3 is 2.95 bits per heavy atom. The molecule has 2 fully saturated rings. The van der Waals surface area contributed by atoms with Crippen LogP contribution >= 0.6 is 11.3 Å². The highest BCUT2D eigenvalue weighted by Crippen LogP contribution is 2.33. The van der Waals surface area contributed by atoms with Crippen molar-refractivity contribution in [2.24, 2.45) is 5.92 Å². The van der Waals surface area contributed by atoms with E-state index in [4.69, 9.17) is 4.74 Å². The number of ether oxygens (including phenoxy) is 1. The van der Waals surface area contributed by atoms with E-state index < -0.39 is 0 Å². The number of carbonyl (C=O) groups is 1. The number of carbonyl (C=O) groups excluding carboxylic acids is 1. The molecular formula is C15H21NO2S. The molecule has 1 amide bonds. The SMILES string of the molecule is Cc1cc(C(=O)N2CC[C@H]3O[C@H](C)C[C@@H]3C2)sc1C. The molecule has 0 N–H and O–H groups in total. The van der Waals surface area contributed by atoms with E-state index in [1.54, 1.807) is 11.3 Å². The summed E-state index contributed by atoms with van der Waals surface area (Å²) >= 11 is 1.62. The predicted molar refractivity (Wildman–Crippen MR) is 76.8 cm³/mol. The summed E-state index contributed by atoms with van der Waals surface area (Å²) in [5.74, 6) is 0.744. The summed E-state index contributed by atoms with van der Waals surface area (Å²) in [5.41, 5.74) is 1.22. The van der Waals surface area contributed by atoms with E-state index in [0.29, 0.717) is 18.1 Å². The van der Waals surface area contributed by atoms with Crippen LogP contribution in [0.25, 0.3) is 0 Å². The minimum atomic E-state index is 0.208. The summed E-state index contributed by atoms with van der Waals surface area (Å²) in [6.07, 6.45) is 2.82. The first-order chi connectivity index (χ1) is 9.04. The van der Waals surface area contributed by atoms with Crippen LogP contribution in [0.15, 0.2) is 6.07 Å². The van der Waals surface area contributed by atoms with Crippen molar-refractivity contribution in [2.45, 2.75) is 45.8 Å². The van der Waals surface area contributed by atoms with Gasteiger partial charge >= 0.3 is 0 Å². The quantitative estimate of drug-likeness (QED) is 0.791. The second-order valence-electron chi connectivity index (χ2n) is 5.87. The fourth-order valence-corrected chi connectivity index (χ4v) is 4.22. The maximum Gasteiger partial charge on any atom is 0.263 e. The van der Waals surface area contributed by atoms with Crippen LogP contribution in [-0.2, 0) is 4.74 Å². The highest BCUT2D eigenvalue weighted by atomic mass is 32.1. The van der Waals surface area contributed by atoms with Gasteiger partial charge in [-0.1, -0.05) is 0 Å². The summed E-state index contributed by atoms with van der Waals surface area (Å²) in [6.45, 7) is 7.99. The van der Waals surface area contributed by atoms with Gasteiger partial charge in [0.25, 0.3) is 5.91 Å². The standard InChI is InChI=1S/C15H21NO2S/c1-9-6-14(19-11(9)3)15(17)16-5-4-13-12(8-16)7-10(2)18-13/h6,10,12-13H,4-5,7-8H2,1-3H3/t10-,12-,13-/m1/s1. The molecule has 3 atom stereocenters. The molecule has 0 aromatic carbocycles. The molecule has 4 heteroatoms. The molecule has 0 spiro atoms. The lowest BCUT2D eigenvalue weighted by atomic mass is 9.93. The molecular weight excluding hydrogens is 258 g/mol. The van der Waals surface area contributed by atoms with Gasteiger partial charge in [0.2, 0.25) is 0 Å². The maximum absolute atomic E-state index is 12.5. The number of amides is 1. The van der Waals surface area contributed by atoms with Crippen molar-refractivity contribution in [1.29, 1.82) is 0 Å². The first-order valence-electron chi connectivity index (χ1n) is 7.06. The average Bonchev–Trinajstić information content (AvgIpc) is 2.90. The Morgan fingerprint density at radius 1 is 1.47 bits per heavy atom. The Morgan fingerprint density at radius 2 is 2.26 bits per heavy atom. The Labute approximate surface area is 118 Å². The number of aryl methyl sites for hydroxylation is 2. The van der Waals surface area contributed by atoms with E-state index in [0.717, 1.165) is 30.8 Å². The molecule has 19 heavy (non-hydrogen) atoms. The number of rotatable bonds is 1. The molecule has 3 nitrogen and oxygen atoms in total. The number of fused-ring (bicyclic) bond motifs is 1. The van der Waals surface area contributed by atoms with Gasteiger partial charge in [-0.15, -0.1) is 11.3 Å². The van der Waals surface area contributed by atoms with Crippen LogP contribution in [0.3, 0.4) is 0 Å². The van der Waals surface area contributed by atoms with Gasteiger partial charge in [0.1, 0.15) is 0 Å². The third kappa shape index (κ3) is 2.43. The minimum absolute atomic E-state index is 0.208. The smallest absolute Gasteiger partial charge is 0.263 e. The molecule has 2 aliphatic rings. The lowest BCUT2D eigenvalue weighted by molar-refractivity contribution is 0.00878. The van der Waals surface area contributed by atoms with E-state index in [1.807, 2.05) is 11.0 Å². The van der Waals surface area contributed by atoms with Crippen LogP contribution < -0.4 is 0 Å². The Bertz CT molecular complexity index is 477. The Balaban J connectivity index is 1.71. The van der Waals surface area contributed by atoms with Gasteiger partial charge in [-0.25, -0.2) is 0 Å². The topological polar surface area (TPSA) is 29.5 Å². The number of nitrogens with zero attached hydrogens (tertiary/aromatic N) is 1. The van der Waals surface area contributed by atoms with Crippen LogP contribution in [0.1, 0.15) is 39.9 Å². The maximum atomic E-state index is 12.5. The normalized spacial score (nSPS) is 30.5. The highest BCUT2D eigenvalue weighted by Gasteiger charge is 2.38. The molecule has 0 unspecified atom stereocenters. The van der Waals surface area contributed by atoms with Gasteiger partial charge in [0.05, 0.1) is 17.1 Å². The van der Waals surface area contributed by atoms with E-state index >= 15 is 0 Å². The zero-order valence-corrected chi connectivity index (χ0v) is 12.6. The summed E-state index contributed by atoms with van der Waals surface area (Å²) in [7, 11) is 0. The zero-order valence-electron chi connectivity index (χ0n) is 11.8. The van der Waals surface area contributed by atoms with Gasteiger partial charge in [0, 0.05) is 23.9 Å². The second-order valence-corrected chi connectivity index (χ2v) is 7.13. The number of piperidine rings is 1. The second kappa shape index (κ2) is 4.91. The van der Waals surface area contributed by atoms with E-state index in [1.165, 1.54) is 10.4 Å². The third-order valence-electron chi connectivity index (χ3n) is 4.37. The lowest BCUT2D eigenvalue weighted by Crippen LogP contribution is -2.44. The van der Waals surface area contributed by atoms with E-state index in [2.05, 4.69) is 20.8 Å². The van der Waals surface area contributed by atoms with Gasteiger partial charge in [0.15, 0.2) is 0 Å². The third-order valence-corrected chi connectivity index (χ3v) is 5.51. The Hall–Kier alpha value is -0.870. The summed E-state index contributed by atoms with van der Waals surface area (Å²) in [6, 6.07) is 2.03. The van der Waals surface area contributed by atoms with Crippen LogP contribution in [0.2, 0.25) is 0 Å². The number of hydrogen-bond acceptors (Lipinski definition) is 3. The van der Waals surface area contributed by atoms with Crippen LogP contribution in [0.4, 0.5) is 0 Å². The molecule has 0 saturated carbocycles. The zero-order chi connectivity index (χ0) is 13.6. The fraction of sp³-hybridized carbons (Fsp3) is 0.667. The van der Waals surface area contributed by atoms with Crippen molar-refractivity contribution < 1.29 is 9.53 Å². The molecule has 0 radical (unpaired) electrons. The number of thiophene rings is 1. The van der Waals surface area contributed by atoms with Crippen molar-refractivity contribution in [3.8, 4) is 0 Å². The summed E-state index contributed by atoms with van der Waals surface area (Å²) in [5, 5.41) is 0. The molecule has 1 aromatic rings. The van der Waals surface area contributed by atoms with Crippen molar-refractivity contribution in [1.82, 2.24) is 4.90 Å². The van der Waals surface area contributed by atoms with Gasteiger partial charge in [-0.3, -0.25) is 4.79 Å². The highest BCUT2D eigenvalue weighted by molar-refractivity contribution is 7.14. The fourth-order valence-electron chi connectivity index (χ4n) is 3.22. The molecule has 0 aliphatic carbocycles. The molecule has 2 aliphatic heterocycles. The molecule has 3 heterocycles. The van der Waals surface area contributed by atoms with Crippen molar-refractivity contribution >= 4 is 17.2 Å². The molecule has 1 aromatic heterocycles. The Kier molecular flexibility index (Phi) is 3.39. The molecule has 104 valence electrons. The molecule has 0 bridgehead atoms. The van der Waals surface area contributed by atoms with E-state index in [9.17, 15) is 4.79 Å². The number of likely N-dealkylation sites (tertiary alicyclic amines) is 1. The van der Waals surface area contributed by atoms with Crippen LogP contribution in [0, 0.1) is 19.8 Å². The van der Waals surface area contributed by atoms with Gasteiger partial charge < -0.3 is 9.64 Å². The van der Waals surface area contributed by atoms with Crippen LogP contribution in [0.5, 0.6) is 0 Å². The van der Waals surface area contributed by atoms with Crippen molar-refractivity contribution in [3.05, 3.63) is 21.4 Å². The largest absolute Gasteiger partial charge is 0.375 e. The van der Waals surface area contributed by atoms with Crippen molar-refractivity contribution in [3.63, 3.8) is 0 Å². The van der Waals surface area contributed by atoms with Gasteiger partial charge in [-0.05, 0) is 45.2 Å². The lowest BCUT2D eigenvalue weighted by Gasteiger charge is -2.33. The minimum Gasteiger partial charge on any atom is -0.375 e. The van der Waals surface area contributed by atoms with Gasteiger partial charge in [-0.2, -0.15) is 0 Å². The predicted octanol–water partition coefficient (Wildman–Crippen LogP) is 3.00. The van der Waals surface area contributed by atoms with Crippen molar-refractivity contribution in [2.75, 3.05) is 13.1 Å². The average molecular weight is 279 g/mol. The van der Waals surface area contributed by atoms with E-state index in [-0.39, 0.29) is 5.91 Å². The first kappa shape index (κ1) is 13.1.